The second kappa shape index (κ2) is 5.08. The lowest BCUT2D eigenvalue weighted by atomic mass is 10.2. The van der Waals surface area contributed by atoms with Crippen LogP contribution in [0.15, 0.2) is 30.9 Å². The molecule has 1 aliphatic rings. The first-order valence-corrected chi connectivity index (χ1v) is 6.52. The van der Waals surface area contributed by atoms with Gasteiger partial charge in [0.2, 0.25) is 0 Å². The van der Waals surface area contributed by atoms with E-state index in [2.05, 4.69) is 19.9 Å². The molecule has 5 heteroatoms. The number of hydrogen-bond acceptors (Lipinski definition) is 3. The van der Waals surface area contributed by atoms with Crippen LogP contribution in [-0.4, -0.2) is 20.6 Å². The lowest BCUT2D eigenvalue weighted by molar-refractivity contribution is 0.618. The molecule has 1 N–H and O–H groups in total. The number of aromatic nitrogens is 3. The minimum atomic E-state index is 0.694. The summed E-state index contributed by atoms with van der Waals surface area (Å²) in [6.45, 7) is 1.56. The van der Waals surface area contributed by atoms with Gasteiger partial charge in [0, 0.05) is 30.8 Å². The molecule has 0 aliphatic heterocycles. The summed E-state index contributed by atoms with van der Waals surface area (Å²) in [4.78, 5) is 8.38. The molecule has 0 radical (unpaired) electrons. The Bertz CT molecular complexity index is 533. The van der Waals surface area contributed by atoms with Gasteiger partial charge in [-0.05, 0) is 24.5 Å². The van der Waals surface area contributed by atoms with Crippen LogP contribution in [0.3, 0.4) is 0 Å². The topological polar surface area (TPSA) is 42.7 Å². The normalized spacial score (nSPS) is 14.9. The predicted octanol–water partition coefficient (Wildman–Crippen LogP) is 2.23. The summed E-state index contributed by atoms with van der Waals surface area (Å²) in [5.41, 5.74) is 1.07. The fourth-order valence-corrected chi connectivity index (χ4v) is 2.07. The Morgan fingerprint density at radius 2 is 2.28 bits per heavy atom. The van der Waals surface area contributed by atoms with Crippen molar-refractivity contribution in [2.75, 3.05) is 0 Å². The van der Waals surface area contributed by atoms with Crippen molar-refractivity contribution in [3.05, 3.63) is 47.3 Å². The first-order valence-electron chi connectivity index (χ1n) is 6.15. The maximum atomic E-state index is 6.12. The summed E-state index contributed by atoms with van der Waals surface area (Å²) in [6, 6.07) is 2.64. The fourth-order valence-electron chi connectivity index (χ4n) is 1.89. The van der Waals surface area contributed by atoms with E-state index < -0.39 is 0 Å². The van der Waals surface area contributed by atoms with Gasteiger partial charge in [-0.25, -0.2) is 4.98 Å². The molecule has 0 bridgehead atoms. The summed E-state index contributed by atoms with van der Waals surface area (Å²) >= 11 is 6.12. The second-order valence-corrected chi connectivity index (χ2v) is 5.00. The maximum absolute atomic E-state index is 6.12. The van der Waals surface area contributed by atoms with Crippen LogP contribution in [0.4, 0.5) is 0 Å². The molecule has 1 aliphatic carbocycles. The van der Waals surface area contributed by atoms with Crippen molar-refractivity contribution >= 4 is 11.6 Å². The molecule has 0 aromatic carbocycles. The molecule has 0 saturated heterocycles. The number of rotatable bonds is 5. The number of pyridine rings is 1. The average molecular weight is 263 g/mol. The van der Waals surface area contributed by atoms with Gasteiger partial charge in [-0.1, -0.05) is 11.6 Å². The first-order chi connectivity index (χ1) is 8.83. The van der Waals surface area contributed by atoms with E-state index in [0.717, 1.165) is 24.5 Å². The van der Waals surface area contributed by atoms with Gasteiger partial charge in [-0.15, -0.1) is 0 Å². The van der Waals surface area contributed by atoms with Gasteiger partial charge in [0.25, 0.3) is 0 Å². The largest absolute Gasteiger partial charge is 0.329 e. The monoisotopic (exact) mass is 262 g/mol. The van der Waals surface area contributed by atoms with E-state index in [9.17, 15) is 0 Å². The highest BCUT2D eigenvalue weighted by Crippen LogP contribution is 2.19. The molecule has 1 fully saturated rings. The molecule has 1 saturated carbocycles. The molecule has 3 rings (SSSR count). The third-order valence-corrected chi connectivity index (χ3v) is 3.47. The maximum Gasteiger partial charge on any atom is 0.122 e. The zero-order chi connectivity index (χ0) is 12.4. The molecule has 4 nitrogen and oxygen atoms in total. The van der Waals surface area contributed by atoms with Crippen LogP contribution < -0.4 is 5.32 Å². The van der Waals surface area contributed by atoms with E-state index in [1.54, 1.807) is 12.4 Å². The van der Waals surface area contributed by atoms with Gasteiger partial charge in [-0.3, -0.25) is 4.98 Å². The molecule has 0 amide bonds. The van der Waals surface area contributed by atoms with Crippen LogP contribution in [0, 0.1) is 0 Å². The van der Waals surface area contributed by atoms with E-state index in [1.165, 1.54) is 12.8 Å². The second-order valence-electron chi connectivity index (χ2n) is 4.59. The van der Waals surface area contributed by atoms with E-state index in [0.29, 0.717) is 11.1 Å². The van der Waals surface area contributed by atoms with Crippen molar-refractivity contribution in [1.29, 1.82) is 0 Å². The van der Waals surface area contributed by atoms with Gasteiger partial charge in [-0.2, -0.15) is 0 Å². The molecule has 94 valence electrons. The van der Waals surface area contributed by atoms with Crippen molar-refractivity contribution in [3.63, 3.8) is 0 Å². The number of imidazole rings is 1. The number of nitrogens with one attached hydrogen (secondary N) is 1. The van der Waals surface area contributed by atoms with Gasteiger partial charge < -0.3 is 9.88 Å². The SMILES string of the molecule is Clc1cnccc1Cn1ccnc1CNC1CC1. The highest BCUT2D eigenvalue weighted by Gasteiger charge is 2.20. The Balaban J connectivity index is 1.71. The van der Waals surface area contributed by atoms with E-state index >= 15 is 0 Å². The Labute approximate surface area is 111 Å². The Morgan fingerprint density at radius 3 is 3.06 bits per heavy atom. The highest BCUT2D eigenvalue weighted by molar-refractivity contribution is 6.31. The third kappa shape index (κ3) is 2.71. The van der Waals surface area contributed by atoms with Crippen LogP contribution in [0.2, 0.25) is 5.02 Å². The van der Waals surface area contributed by atoms with Crippen molar-refractivity contribution in [2.45, 2.75) is 32.0 Å². The molecule has 2 aromatic heterocycles. The molecule has 0 atom stereocenters. The van der Waals surface area contributed by atoms with Crippen molar-refractivity contribution in [3.8, 4) is 0 Å². The summed E-state index contributed by atoms with van der Waals surface area (Å²) < 4.78 is 2.12. The van der Waals surface area contributed by atoms with E-state index in [4.69, 9.17) is 11.6 Å². The Morgan fingerprint density at radius 1 is 1.39 bits per heavy atom. The van der Waals surface area contributed by atoms with Crippen molar-refractivity contribution in [2.24, 2.45) is 0 Å². The molecule has 2 heterocycles. The Hall–Kier alpha value is -1.39. The van der Waals surface area contributed by atoms with Crippen LogP contribution in [0.5, 0.6) is 0 Å². The van der Waals surface area contributed by atoms with Crippen LogP contribution in [-0.2, 0) is 13.1 Å². The summed E-state index contributed by atoms with van der Waals surface area (Å²) in [6.07, 6.45) is 9.84. The fraction of sp³-hybridized carbons (Fsp3) is 0.385. The Kier molecular flexibility index (Phi) is 3.30. The number of nitrogens with zero attached hydrogens (tertiary/aromatic N) is 3. The zero-order valence-corrected chi connectivity index (χ0v) is 10.8. The van der Waals surface area contributed by atoms with Crippen LogP contribution >= 0.6 is 11.6 Å². The third-order valence-electron chi connectivity index (χ3n) is 3.13. The average Bonchev–Trinajstić information content (AvgIpc) is 3.10. The van der Waals surface area contributed by atoms with E-state index in [-0.39, 0.29) is 0 Å². The minimum absolute atomic E-state index is 0.694. The van der Waals surface area contributed by atoms with E-state index in [1.807, 2.05) is 18.5 Å². The van der Waals surface area contributed by atoms with Gasteiger partial charge >= 0.3 is 0 Å². The molecule has 18 heavy (non-hydrogen) atoms. The lowest BCUT2D eigenvalue weighted by Gasteiger charge is -2.09. The number of halogens is 1. The van der Waals surface area contributed by atoms with Gasteiger partial charge in [0.15, 0.2) is 0 Å². The molecular formula is C13H15ClN4. The smallest absolute Gasteiger partial charge is 0.122 e. The highest BCUT2D eigenvalue weighted by atomic mass is 35.5. The molecule has 2 aromatic rings. The quantitative estimate of drug-likeness (QED) is 0.899. The molecule has 0 spiro atoms. The summed E-state index contributed by atoms with van der Waals surface area (Å²) in [5, 5.41) is 4.17. The summed E-state index contributed by atoms with van der Waals surface area (Å²) in [7, 11) is 0. The number of hydrogen-bond donors (Lipinski definition) is 1. The van der Waals surface area contributed by atoms with Gasteiger partial charge in [0.1, 0.15) is 5.82 Å². The molecule has 0 unspecified atom stereocenters. The standard InChI is InChI=1S/C13H15ClN4/c14-12-7-15-4-3-10(12)9-18-6-5-16-13(18)8-17-11-1-2-11/h3-7,11,17H,1-2,8-9H2. The van der Waals surface area contributed by atoms with Crippen LogP contribution in [0.25, 0.3) is 0 Å². The van der Waals surface area contributed by atoms with Crippen molar-refractivity contribution < 1.29 is 0 Å². The summed E-state index contributed by atoms with van der Waals surface area (Å²) in [5.74, 6) is 1.05. The van der Waals surface area contributed by atoms with Gasteiger partial charge in [0.05, 0.1) is 18.1 Å². The zero-order valence-electron chi connectivity index (χ0n) is 10.0. The predicted molar refractivity (Wildman–Crippen MR) is 70.4 cm³/mol. The lowest BCUT2D eigenvalue weighted by Crippen LogP contribution is -2.19. The molecular weight excluding hydrogens is 248 g/mol. The minimum Gasteiger partial charge on any atom is -0.329 e. The van der Waals surface area contributed by atoms with Crippen molar-refractivity contribution in [1.82, 2.24) is 19.9 Å². The first kappa shape index (κ1) is 11.7. The van der Waals surface area contributed by atoms with Crippen LogP contribution in [0.1, 0.15) is 24.2 Å².